The molecule has 0 N–H and O–H groups in total. The van der Waals surface area contributed by atoms with E-state index in [4.69, 9.17) is 11.6 Å². The molecule has 90 valence electrons. The van der Waals surface area contributed by atoms with E-state index < -0.39 is 11.4 Å². The van der Waals surface area contributed by atoms with Gasteiger partial charge in [0.15, 0.2) is 11.3 Å². The van der Waals surface area contributed by atoms with Crippen LogP contribution >= 0.6 is 11.6 Å². The normalized spacial score (nSPS) is 24.7. The van der Waals surface area contributed by atoms with Crippen LogP contribution in [0.3, 0.4) is 0 Å². The molecule has 17 heavy (non-hydrogen) atoms. The molecule has 1 atom stereocenters. The first kappa shape index (κ1) is 12.2. The van der Waals surface area contributed by atoms with Crippen LogP contribution in [0.1, 0.15) is 31.2 Å². The van der Waals surface area contributed by atoms with E-state index in [1.807, 2.05) is 0 Å². The lowest BCUT2D eigenvalue weighted by Gasteiger charge is -2.29. The van der Waals surface area contributed by atoms with Crippen LogP contribution in [-0.4, -0.2) is 5.78 Å². The van der Waals surface area contributed by atoms with Crippen LogP contribution in [0.4, 0.5) is 4.39 Å². The number of nitroso groups, excluding NO2 is 1. The summed E-state index contributed by atoms with van der Waals surface area (Å²) >= 11 is 5.67. The van der Waals surface area contributed by atoms with Gasteiger partial charge >= 0.3 is 0 Å². The van der Waals surface area contributed by atoms with Gasteiger partial charge in [-0.05, 0) is 25.3 Å². The number of halogens is 2. The first-order chi connectivity index (χ1) is 8.12. The van der Waals surface area contributed by atoms with Crippen molar-refractivity contribution in [2.75, 3.05) is 0 Å². The van der Waals surface area contributed by atoms with E-state index in [0.717, 1.165) is 6.42 Å². The fourth-order valence-electron chi connectivity index (χ4n) is 2.27. The first-order valence-electron chi connectivity index (χ1n) is 5.44. The van der Waals surface area contributed by atoms with Gasteiger partial charge in [-0.25, -0.2) is 4.39 Å². The van der Waals surface area contributed by atoms with Crippen LogP contribution in [0.25, 0.3) is 0 Å². The summed E-state index contributed by atoms with van der Waals surface area (Å²) in [4.78, 5) is 23.0. The number of nitrogens with zero attached hydrogens (tertiary/aromatic N) is 1. The monoisotopic (exact) mass is 255 g/mol. The topological polar surface area (TPSA) is 46.5 Å². The highest BCUT2D eigenvalue weighted by Crippen LogP contribution is 2.40. The third kappa shape index (κ3) is 1.86. The zero-order valence-electron chi connectivity index (χ0n) is 9.08. The maximum atomic E-state index is 13.9. The third-order valence-electron chi connectivity index (χ3n) is 3.21. The van der Waals surface area contributed by atoms with Gasteiger partial charge in [0.05, 0.1) is 5.02 Å². The molecule has 0 radical (unpaired) electrons. The Morgan fingerprint density at radius 1 is 1.35 bits per heavy atom. The Kier molecular flexibility index (Phi) is 3.24. The number of hydrogen-bond donors (Lipinski definition) is 0. The van der Waals surface area contributed by atoms with Crippen LogP contribution in [-0.2, 0) is 10.3 Å². The van der Waals surface area contributed by atoms with E-state index in [9.17, 15) is 14.1 Å². The summed E-state index contributed by atoms with van der Waals surface area (Å²) in [5.41, 5.74) is -1.57. The molecular weight excluding hydrogens is 245 g/mol. The van der Waals surface area contributed by atoms with Gasteiger partial charge in [0.1, 0.15) is 5.82 Å². The molecule has 1 fully saturated rings. The fourth-order valence-corrected chi connectivity index (χ4v) is 2.44. The third-order valence-corrected chi connectivity index (χ3v) is 3.50. The van der Waals surface area contributed by atoms with Crippen LogP contribution in [0.15, 0.2) is 23.4 Å². The summed E-state index contributed by atoms with van der Waals surface area (Å²) in [6, 6.07) is 4.31. The molecule has 0 amide bonds. The Bertz CT molecular complexity index is 478. The number of carbonyl (C=O) groups excluding carboxylic acids is 1. The second-order valence-electron chi connectivity index (χ2n) is 4.18. The fraction of sp³-hybridized carbons (Fsp3) is 0.417. The maximum absolute atomic E-state index is 13.9. The minimum Gasteiger partial charge on any atom is -0.296 e. The van der Waals surface area contributed by atoms with E-state index in [2.05, 4.69) is 5.18 Å². The minimum absolute atomic E-state index is 0.00435. The van der Waals surface area contributed by atoms with Gasteiger partial charge < -0.3 is 0 Å². The van der Waals surface area contributed by atoms with Gasteiger partial charge in [0, 0.05) is 12.0 Å². The molecule has 0 spiro atoms. The highest BCUT2D eigenvalue weighted by molar-refractivity contribution is 6.30. The van der Waals surface area contributed by atoms with Crippen LogP contribution in [0.2, 0.25) is 5.02 Å². The average molecular weight is 256 g/mol. The molecule has 1 saturated carbocycles. The molecule has 0 aliphatic heterocycles. The van der Waals surface area contributed by atoms with Crippen molar-refractivity contribution in [2.24, 2.45) is 5.18 Å². The molecule has 0 saturated heterocycles. The molecule has 1 aliphatic carbocycles. The van der Waals surface area contributed by atoms with Crippen molar-refractivity contribution < 1.29 is 9.18 Å². The van der Waals surface area contributed by atoms with Crippen molar-refractivity contribution in [1.29, 1.82) is 0 Å². The second kappa shape index (κ2) is 4.53. The largest absolute Gasteiger partial charge is 0.296 e. The second-order valence-corrected chi connectivity index (χ2v) is 4.59. The molecule has 0 aromatic heterocycles. The molecule has 1 aromatic rings. The molecule has 1 aromatic carbocycles. The maximum Gasteiger partial charge on any atom is 0.188 e. The lowest BCUT2D eigenvalue weighted by molar-refractivity contribution is -0.126. The molecular formula is C12H11ClFNO2. The van der Waals surface area contributed by atoms with Crippen molar-refractivity contribution in [3.8, 4) is 0 Å². The lowest BCUT2D eigenvalue weighted by Crippen LogP contribution is -2.37. The standard InChI is InChI=1S/C12H11ClFNO2/c13-9-5-3-4-8(11(9)14)12(15-17)7-2-1-6-10(12)16/h3-5H,1-2,6-7H2. The van der Waals surface area contributed by atoms with Crippen molar-refractivity contribution in [3.63, 3.8) is 0 Å². The Morgan fingerprint density at radius 3 is 2.76 bits per heavy atom. The van der Waals surface area contributed by atoms with Crippen LogP contribution in [0, 0.1) is 10.7 Å². The van der Waals surface area contributed by atoms with Gasteiger partial charge in [-0.3, -0.25) is 4.79 Å². The van der Waals surface area contributed by atoms with E-state index >= 15 is 0 Å². The number of benzene rings is 1. The Balaban J connectivity index is 2.58. The minimum atomic E-state index is -1.58. The van der Waals surface area contributed by atoms with Crippen LogP contribution < -0.4 is 0 Å². The molecule has 0 bridgehead atoms. The van der Waals surface area contributed by atoms with E-state index in [1.165, 1.54) is 18.2 Å². The number of Topliss-reactive ketones (excluding diaryl/α,β-unsaturated/α-hetero) is 1. The van der Waals surface area contributed by atoms with Crippen molar-refractivity contribution in [1.82, 2.24) is 0 Å². The van der Waals surface area contributed by atoms with E-state index in [1.54, 1.807) is 0 Å². The zero-order chi connectivity index (χ0) is 12.5. The lowest BCUT2D eigenvalue weighted by atomic mass is 9.76. The number of ketones is 1. The van der Waals surface area contributed by atoms with Gasteiger partial charge in [-0.15, -0.1) is 4.91 Å². The molecule has 1 unspecified atom stereocenters. The molecule has 3 nitrogen and oxygen atoms in total. The van der Waals surface area contributed by atoms with Gasteiger partial charge in [0.2, 0.25) is 0 Å². The van der Waals surface area contributed by atoms with Crippen molar-refractivity contribution >= 4 is 17.4 Å². The first-order valence-corrected chi connectivity index (χ1v) is 5.82. The summed E-state index contributed by atoms with van der Waals surface area (Å²) < 4.78 is 13.9. The predicted octanol–water partition coefficient (Wildman–Crippen LogP) is 3.58. The summed E-state index contributed by atoms with van der Waals surface area (Å²) in [6.45, 7) is 0. The number of rotatable bonds is 2. The summed E-state index contributed by atoms with van der Waals surface area (Å²) in [5.74, 6) is -1.04. The molecule has 5 heteroatoms. The van der Waals surface area contributed by atoms with E-state index in [-0.39, 0.29) is 29.2 Å². The highest BCUT2D eigenvalue weighted by Gasteiger charge is 2.45. The Hall–Kier alpha value is -1.29. The summed E-state index contributed by atoms with van der Waals surface area (Å²) in [6.07, 6.45) is 1.92. The Labute approximate surface area is 103 Å². The zero-order valence-corrected chi connectivity index (χ0v) is 9.84. The van der Waals surface area contributed by atoms with Crippen molar-refractivity contribution in [2.45, 2.75) is 31.2 Å². The average Bonchev–Trinajstić information content (AvgIpc) is 2.34. The smallest absolute Gasteiger partial charge is 0.188 e. The van der Waals surface area contributed by atoms with Gasteiger partial charge in [-0.1, -0.05) is 28.9 Å². The molecule has 0 heterocycles. The molecule has 1 aliphatic rings. The quantitative estimate of drug-likeness (QED) is 0.758. The van der Waals surface area contributed by atoms with Crippen molar-refractivity contribution in [3.05, 3.63) is 39.5 Å². The summed E-state index contributed by atoms with van der Waals surface area (Å²) in [5, 5.41) is 2.84. The Morgan fingerprint density at radius 2 is 2.12 bits per heavy atom. The SMILES string of the molecule is O=NC1(c2cccc(Cl)c2F)CCCCC1=O. The molecule has 2 rings (SSSR count). The summed E-state index contributed by atoms with van der Waals surface area (Å²) in [7, 11) is 0. The number of carbonyl (C=O) groups is 1. The van der Waals surface area contributed by atoms with Gasteiger partial charge in [0.25, 0.3) is 0 Å². The predicted molar refractivity (Wildman–Crippen MR) is 62.4 cm³/mol. The number of hydrogen-bond acceptors (Lipinski definition) is 3. The van der Waals surface area contributed by atoms with E-state index in [0.29, 0.717) is 6.42 Å². The van der Waals surface area contributed by atoms with Gasteiger partial charge in [-0.2, -0.15) is 0 Å². The van der Waals surface area contributed by atoms with Crippen LogP contribution in [0.5, 0.6) is 0 Å². The highest BCUT2D eigenvalue weighted by atomic mass is 35.5.